The highest BCUT2D eigenvalue weighted by Gasteiger charge is 2.36. The molecule has 10 heteroatoms. The molecule has 1 aliphatic heterocycles. The average Bonchev–Trinajstić information content (AvgIpc) is 3.45. The Labute approximate surface area is 175 Å². The van der Waals surface area contributed by atoms with Gasteiger partial charge in [0.05, 0.1) is 12.4 Å². The van der Waals surface area contributed by atoms with Crippen LogP contribution in [-0.4, -0.2) is 74.0 Å². The van der Waals surface area contributed by atoms with E-state index < -0.39 is 0 Å². The van der Waals surface area contributed by atoms with Crippen molar-refractivity contribution in [3.8, 4) is 5.82 Å². The van der Waals surface area contributed by atoms with Gasteiger partial charge in [-0.2, -0.15) is 5.10 Å². The topological polar surface area (TPSA) is 92.0 Å². The highest BCUT2D eigenvalue weighted by Crippen LogP contribution is 2.36. The fourth-order valence-electron chi connectivity index (χ4n) is 4.06. The van der Waals surface area contributed by atoms with Crippen molar-refractivity contribution in [1.29, 1.82) is 0 Å². The first-order chi connectivity index (χ1) is 14.7. The van der Waals surface area contributed by atoms with Crippen LogP contribution in [-0.2, 0) is 0 Å². The molecular formula is C20H26N10. The Morgan fingerprint density at radius 2 is 1.60 bits per heavy atom. The summed E-state index contributed by atoms with van der Waals surface area (Å²) in [5, 5.41) is 4.15. The molecule has 0 aromatic carbocycles. The van der Waals surface area contributed by atoms with Crippen molar-refractivity contribution in [3.63, 3.8) is 0 Å². The van der Waals surface area contributed by atoms with Gasteiger partial charge < -0.3 is 14.7 Å². The molecule has 0 bridgehead atoms. The maximum absolute atomic E-state index is 4.73. The minimum atomic E-state index is 0.477. The van der Waals surface area contributed by atoms with Gasteiger partial charge in [0.25, 0.3) is 0 Å². The van der Waals surface area contributed by atoms with Crippen LogP contribution in [0.2, 0.25) is 0 Å². The Hall–Kier alpha value is -3.30. The maximum atomic E-state index is 4.73. The Balaban J connectivity index is 1.30. The van der Waals surface area contributed by atoms with E-state index in [0.717, 1.165) is 43.4 Å². The number of anilines is 3. The standard InChI is InChI=1S/C20H26N10/c1-27(2)17-9-18(24-13-23-17)30(15-3-4-15)16-5-7-28(8-6-16)19-10-21-11-20(26-19)29-14-22-12-25-29/h9-16H,3-8H2,1-2H3. The molecule has 3 aromatic rings. The van der Waals surface area contributed by atoms with Crippen molar-refractivity contribution in [2.45, 2.75) is 37.8 Å². The molecule has 10 nitrogen and oxygen atoms in total. The second-order valence-electron chi connectivity index (χ2n) is 8.06. The lowest BCUT2D eigenvalue weighted by Gasteiger charge is -2.40. The van der Waals surface area contributed by atoms with Crippen molar-refractivity contribution >= 4 is 17.5 Å². The molecule has 2 aliphatic rings. The van der Waals surface area contributed by atoms with E-state index >= 15 is 0 Å². The minimum absolute atomic E-state index is 0.477. The molecule has 0 amide bonds. The molecule has 1 aliphatic carbocycles. The van der Waals surface area contributed by atoms with Gasteiger partial charge in [0, 0.05) is 45.3 Å². The Bertz CT molecular complexity index is 977. The van der Waals surface area contributed by atoms with E-state index in [-0.39, 0.29) is 0 Å². The van der Waals surface area contributed by atoms with Crippen LogP contribution in [0.25, 0.3) is 5.82 Å². The fraction of sp³-hybridized carbons (Fsp3) is 0.500. The lowest BCUT2D eigenvalue weighted by molar-refractivity contribution is 0.457. The second kappa shape index (κ2) is 7.85. The zero-order valence-electron chi connectivity index (χ0n) is 17.3. The van der Waals surface area contributed by atoms with Gasteiger partial charge in [-0.15, -0.1) is 0 Å². The predicted octanol–water partition coefficient (Wildman–Crippen LogP) is 1.55. The Kier molecular flexibility index (Phi) is 4.89. The molecule has 1 saturated heterocycles. The van der Waals surface area contributed by atoms with E-state index in [1.165, 1.54) is 19.2 Å². The number of hydrogen-bond acceptors (Lipinski definition) is 9. The van der Waals surface area contributed by atoms with Crippen LogP contribution in [0.3, 0.4) is 0 Å². The number of piperidine rings is 1. The van der Waals surface area contributed by atoms with Crippen molar-refractivity contribution in [1.82, 2.24) is 34.7 Å². The molecule has 0 spiro atoms. The minimum Gasteiger partial charge on any atom is -0.363 e. The van der Waals surface area contributed by atoms with Gasteiger partial charge in [-0.25, -0.2) is 24.6 Å². The van der Waals surface area contributed by atoms with Crippen molar-refractivity contribution < 1.29 is 0 Å². The van der Waals surface area contributed by atoms with Gasteiger partial charge >= 0.3 is 0 Å². The smallest absolute Gasteiger partial charge is 0.175 e. The summed E-state index contributed by atoms with van der Waals surface area (Å²) in [5.41, 5.74) is 0. The van der Waals surface area contributed by atoms with Gasteiger partial charge in [-0.3, -0.25) is 4.98 Å². The fourth-order valence-corrected chi connectivity index (χ4v) is 4.06. The van der Waals surface area contributed by atoms with Crippen LogP contribution >= 0.6 is 0 Å². The summed E-state index contributed by atoms with van der Waals surface area (Å²) < 4.78 is 1.63. The summed E-state index contributed by atoms with van der Waals surface area (Å²) in [4.78, 5) is 28.9. The number of hydrogen-bond donors (Lipinski definition) is 0. The van der Waals surface area contributed by atoms with Crippen molar-refractivity contribution in [2.24, 2.45) is 0 Å². The van der Waals surface area contributed by atoms with E-state index in [1.54, 1.807) is 23.5 Å². The molecule has 30 heavy (non-hydrogen) atoms. The summed E-state index contributed by atoms with van der Waals surface area (Å²) in [6, 6.07) is 3.18. The van der Waals surface area contributed by atoms with Crippen LogP contribution in [0.4, 0.5) is 17.5 Å². The number of rotatable bonds is 6. The highest BCUT2D eigenvalue weighted by atomic mass is 15.4. The zero-order chi connectivity index (χ0) is 20.5. The Morgan fingerprint density at radius 1 is 0.867 bits per heavy atom. The van der Waals surface area contributed by atoms with Crippen LogP contribution < -0.4 is 14.7 Å². The molecule has 4 heterocycles. The third kappa shape index (κ3) is 3.77. The predicted molar refractivity (Wildman–Crippen MR) is 114 cm³/mol. The first-order valence-corrected chi connectivity index (χ1v) is 10.4. The van der Waals surface area contributed by atoms with Crippen molar-refractivity contribution in [3.05, 3.63) is 37.4 Å². The molecule has 5 rings (SSSR count). The molecule has 3 aromatic heterocycles. The van der Waals surface area contributed by atoms with Gasteiger partial charge in [-0.05, 0) is 25.7 Å². The lowest BCUT2D eigenvalue weighted by atomic mass is 10.0. The SMILES string of the molecule is CN(C)c1cc(N(C2CC2)C2CCN(c3cncc(-n4cncn4)n3)CC2)ncn1. The van der Waals surface area contributed by atoms with Gasteiger partial charge in [0.1, 0.15) is 36.4 Å². The second-order valence-corrected chi connectivity index (χ2v) is 8.06. The molecule has 0 radical (unpaired) electrons. The lowest BCUT2D eigenvalue weighted by Crippen LogP contribution is -2.46. The number of nitrogens with zero attached hydrogens (tertiary/aromatic N) is 10. The average molecular weight is 406 g/mol. The summed E-state index contributed by atoms with van der Waals surface area (Å²) >= 11 is 0. The summed E-state index contributed by atoms with van der Waals surface area (Å²) in [7, 11) is 4.03. The van der Waals surface area contributed by atoms with Gasteiger partial charge in [0.2, 0.25) is 0 Å². The maximum Gasteiger partial charge on any atom is 0.175 e. The monoisotopic (exact) mass is 406 g/mol. The summed E-state index contributed by atoms with van der Waals surface area (Å²) in [6.45, 7) is 1.88. The molecule has 0 N–H and O–H groups in total. The first kappa shape index (κ1) is 18.7. The first-order valence-electron chi connectivity index (χ1n) is 10.4. The van der Waals surface area contributed by atoms with Crippen LogP contribution in [0.15, 0.2) is 37.4 Å². The normalized spacial score (nSPS) is 17.2. The van der Waals surface area contributed by atoms with E-state index in [4.69, 9.17) is 4.98 Å². The summed E-state index contributed by atoms with van der Waals surface area (Å²) in [5.74, 6) is 3.56. The molecular weight excluding hydrogens is 380 g/mol. The van der Waals surface area contributed by atoms with E-state index in [2.05, 4.69) is 40.9 Å². The third-order valence-corrected chi connectivity index (χ3v) is 5.75. The molecule has 1 saturated carbocycles. The largest absolute Gasteiger partial charge is 0.363 e. The van der Waals surface area contributed by atoms with Crippen LogP contribution in [0, 0.1) is 0 Å². The third-order valence-electron chi connectivity index (χ3n) is 5.75. The Morgan fingerprint density at radius 3 is 2.30 bits per heavy atom. The van der Waals surface area contributed by atoms with E-state index in [9.17, 15) is 0 Å². The van der Waals surface area contributed by atoms with E-state index in [0.29, 0.717) is 17.9 Å². The zero-order valence-corrected chi connectivity index (χ0v) is 17.3. The van der Waals surface area contributed by atoms with E-state index in [1.807, 2.05) is 25.2 Å². The van der Waals surface area contributed by atoms with Crippen LogP contribution in [0.1, 0.15) is 25.7 Å². The number of aromatic nitrogens is 7. The molecule has 2 fully saturated rings. The van der Waals surface area contributed by atoms with Gasteiger partial charge in [-0.1, -0.05) is 0 Å². The quantitative estimate of drug-likeness (QED) is 0.604. The molecule has 156 valence electrons. The van der Waals surface area contributed by atoms with Crippen LogP contribution in [0.5, 0.6) is 0 Å². The molecule has 0 atom stereocenters. The summed E-state index contributed by atoms with van der Waals surface area (Å²) in [6.07, 6.45) is 13.0. The van der Waals surface area contributed by atoms with Gasteiger partial charge in [0.15, 0.2) is 5.82 Å². The van der Waals surface area contributed by atoms with Crippen molar-refractivity contribution in [2.75, 3.05) is 41.9 Å². The highest BCUT2D eigenvalue weighted by molar-refractivity contribution is 5.52. The molecule has 0 unspecified atom stereocenters.